The van der Waals surface area contributed by atoms with Crippen LogP contribution in [0.2, 0.25) is 0 Å². The first-order chi connectivity index (χ1) is 12.1. The molecule has 0 saturated heterocycles. The molecule has 0 bridgehead atoms. The number of nitrogens with two attached hydrogens (primary N) is 1. The molecule has 0 radical (unpaired) electrons. The summed E-state index contributed by atoms with van der Waals surface area (Å²) in [6.45, 7) is 2.50. The molecular formula is C19H20N4OS. The van der Waals surface area contributed by atoms with Crippen LogP contribution in [0, 0.1) is 0 Å². The van der Waals surface area contributed by atoms with E-state index in [1.165, 1.54) is 11.3 Å². The fourth-order valence-corrected chi connectivity index (χ4v) is 2.93. The molecule has 5 nitrogen and oxygen atoms in total. The van der Waals surface area contributed by atoms with Crippen molar-refractivity contribution in [2.24, 2.45) is 0 Å². The van der Waals surface area contributed by atoms with Crippen molar-refractivity contribution in [3.05, 3.63) is 65.5 Å². The number of anilines is 2. The molecule has 0 spiro atoms. The Morgan fingerprint density at radius 3 is 2.52 bits per heavy atom. The third kappa shape index (κ3) is 4.65. The number of nitrogens with one attached hydrogen (secondary N) is 2. The lowest BCUT2D eigenvalue weighted by atomic mass is 10.1. The maximum absolute atomic E-state index is 12.3. The van der Waals surface area contributed by atoms with E-state index in [0.717, 1.165) is 22.5 Å². The maximum Gasteiger partial charge on any atom is 0.241 e. The number of carbonyl (C=O) groups excluding carboxylic acids is 1. The van der Waals surface area contributed by atoms with Gasteiger partial charge >= 0.3 is 0 Å². The lowest BCUT2D eigenvalue weighted by molar-refractivity contribution is -0.117. The molecular weight excluding hydrogens is 332 g/mol. The largest absolute Gasteiger partial charge is 0.375 e. The molecule has 3 rings (SSSR count). The van der Waals surface area contributed by atoms with Crippen LogP contribution in [0.5, 0.6) is 0 Å². The number of rotatable bonds is 6. The van der Waals surface area contributed by atoms with E-state index >= 15 is 0 Å². The first-order valence-corrected chi connectivity index (χ1v) is 8.89. The van der Waals surface area contributed by atoms with Gasteiger partial charge in [0, 0.05) is 23.2 Å². The molecule has 128 valence electrons. The summed E-state index contributed by atoms with van der Waals surface area (Å²) in [5.41, 5.74) is 9.38. The van der Waals surface area contributed by atoms with E-state index in [4.69, 9.17) is 5.73 Å². The van der Waals surface area contributed by atoms with Crippen molar-refractivity contribution >= 4 is 28.1 Å². The minimum Gasteiger partial charge on any atom is -0.375 e. The topological polar surface area (TPSA) is 80.0 Å². The average Bonchev–Trinajstić information content (AvgIpc) is 3.07. The highest BCUT2D eigenvalue weighted by Crippen LogP contribution is 2.24. The Labute approximate surface area is 150 Å². The number of amides is 1. The summed E-state index contributed by atoms with van der Waals surface area (Å²) in [7, 11) is 0. The standard InChI is InChI=1S/C19H20N4OS/c1-13(21-11-14-5-3-2-4-6-14)18(24)22-16-9-7-15(8-10-16)17-12-25-19(20)23-17/h2-10,12-13,21H,11H2,1H3,(H2,20,23)(H,22,24). The fraction of sp³-hybridized carbons (Fsp3) is 0.158. The molecule has 2 aromatic carbocycles. The highest BCUT2D eigenvalue weighted by Gasteiger charge is 2.12. The monoisotopic (exact) mass is 352 g/mol. The van der Waals surface area contributed by atoms with Crippen molar-refractivity contribution in [1.82, 2.24) is 10.3 Å². The predicted octanol–water partition coefficient (Wildman–Crippen LogP) is 3.51. The molecule has 1 unspecified atom stereocenters. The van der Waals surface area contributed by atoms with E-state index in [-0.39, 0.29) is 11.9 Å². The minimum atomic E-state index is -0.293. The van der Waals surface area contributed by atoms with Crippen molar-refractivity contribution in [3.63, 3.8) is 0 Å². The second-order valence-corrected chi connectivity index (χ2v) is 6.62. The Morgan fingerprint density at radius 2 is 1.88 bits per heavy atom. The summed E-state index contributed by atoms with van der Waals surface area (Å²) in [4.78, 5) is 16.5. The van der Waals surface area contributed by atoms with Gasteiger partial charge < -0.3 is 16.4 Å². The van der Waals surface area contributed by atoms with Gasteiger partial charge in [0.25, 0.3) is 0 Å². The molecule has 1 amide bonds. The predicted molar refractivity (Wildman–Crippen MR) is 103 cm³/mol. The molecule has 6 heteroatoms. The Balaban J connectivity index is 1.55. The molecule has 1 heterocycles. The van der Waals surface area contributed by atoms with Gasteiger partial charge in [-0.05, 0) is 24.6 Å². The summed E-state index contributed by atoms with van der Waals surface area (Å²) in [6.07, 6.45) is 0. The molecule has 0 aliphatic rings. The molecule has 4 N–H and O–H groups in total. The lowest BCUT2D eigenvalue weighted by Crippen LogP contribution is -2.37. The molecule has 0 fully saturated rings. The Kier molecular flexibility index (Phi) is 5.42. The number of aromatic nitrogens is 1. The number of thiazole rings is 1. The van der Waals surface area contributed by atoms with E-state index in [0.29, 0.717) is 11.7 Å². The molecule has 3 aromatic rings. The van der Waals surface area contributed by atoms with Gasteiger partial charge in [-0.25, -0.2) is 4.98 Å². The van der Waals surface area contributed by atoms with Gasteiger partial charge in [-0.2, -0.15) is 0 Å². The summed E-state index contributed by atoms with van der Waals surface area (Å²) in [5, 5.41) is 8.60. The second kappa shape index (κ2) is 7.92. The van der Waals surface area contributed by atoms with Gasteiger partial charge in [-0.15, -0.1) is 11.3 Å². The van der Waals surface area contributed by atoms with Gasteiger partial charge in [-0.3, -0.25) is 4.79 Å². The number of hydrogen-bond acceptors (Lipinski definition) is 5. The zero-order valence-corrected chi connectivity index (χ0v) is 14.7. The van der Waals surface area contributed by atoms with Crippen LogP contribution in [0.1, 0.15) is 12.5 Å². The normalized spacial score (nSPS) is 11.9. The van der Waals surface area contributed by atoms with Crippen LogP contribution in [0.25, 0.3) is 11.3 Å². The second-order valence-electron chi connectivity index (χ2n) is 5.73. The zero-order valence-electron chi connectivity index (χ0n) is 13.9. The first kappa shape index (κ1) is 17.1. The molecule has 0 aliphatic heterocycles. The van der Waals surface area contributed by atoms with Crippen LogP contribution in [0.15, 0.2) is 60.0 Å². The Morgan fingerprint density at radius 1 is 1.16 bits per heavy atom. The van der Waals surface area contributed by atoms with Gasteiger partial charge in [0.05, 0.1) is 11.7 Å². The first-order valence-electron chi connectivity index (χ1n) is 8.01. The smallest absolute Gasteiger partial charge is 0.241 e. The maximum atomic E-state index is 12.3. The SMILES string of the molecule is CC(NCc1ccccc1)C(=O)Nc1ccc(-c2csc(N)n2)cc1. The van der Waals surface area contributed by atoms with Crippen LogP contribution in [0.3, 0.4) is 0 Å². The van der Waals surface area contributed by atoms with Gasteiger partial charge in [0.1, 0.15) is 0 Å². The lowest BCUT2D eigenvalue weighted by Gasteiger charge is -2.14. The molecule has 0 aliphatic carbocycles. The van der Waals surface area contributed by atoms with Crippen LogP contribution in [0.4, 0.5) is 10.8 Å². The van der Waals surface area contributed by atoms with Crippen molar-refractivity contribution < 1.29 is 4.79 Å². The van der Waals surface area contributed by atoms with Crippen LogP contribution in [-0.4, -0.2) is 16.9 Å². The van der Waals surface area contributed by atoms with E-state index in [2.05, 4.69) is 15.6 Å². The highest BCUT2D eigenvalue weighted by molar-refractivity contribution is 7.13. The summed E-state index contributed by atoms with van der Waals surface area (Å²) >= 11 is 1.41. The van der Waals surface area contributed by atoms with Gasteiger partial charge in [0.15, 0.2) is 5.13 Å². The minimum absolute atomic E-state index is 0.0680. The van der Waals surface area contributed by atoms with Crippen molar-refractivity contribution in [2.75, 3.05) is 11.1 Å². The van der Waals surface area contributed by atoms with E-state index < -0.39 is 0 Å². The number of hydrogen-bond donors (Lipinski definition) is 3. The van der Waals surface area contributed by atoms with E-state index in [1.54, 1.807) is 0 Å². The molecule has 0 saturated carbocycles. The van der Waals surface area contributed by atoms with Gasteiger partial charge in [0.2, 0.25) is 5.91 Å². The number of benzene rings is 2. The van der Waals surface area contributed by atoms with Crippen LogP contribution >= 0.6 is 11.3 Å². The highest BCUT2D eigenvalue weighted by atomic mass is 32.1. The van der Waals surface area contributed by atoms with Crippen molar-refractivity contribution in [2.45, 2.75) is 19.5 Å². The van der Waals surface area contributed by atoms with Crippen LogP contribution < -0.4 is 16.4 Å². The van der Waals surface area contributed by atoms with Crippen molar-refractivity contribution in [1.29, 1.82) is 0 Å². The Bertz CT molecular complexity index is 830. The van der Waals surface area contributed by atoms with Gasteiger partial charge in [-0.1, -0.05) is 42.5 Å². The average molecular weight is 352 g/mol. The third-order valence-corrected chi connectivity index (χ3v) is 4.49. The summed E-state index contributed by atoms with van der Waals surface area (Å²) in [5.74, 6) is -0.0680. The number of nitrogen functional groups attached to an aromatic ring is 1. The van der Waals surface area contributed by atoms with Crippen molar-refractivity contribution in [3.8, 4) is 11.3 Å². The Hall–Kier alpha value is -2.70. The summed E-state index contributed by atoms with van der Waals surface area (Å²) in [6, 6.07) is 17.3. The quantitative estimate of drug-likeness (QED) is 0.634. The molecule has 25 heavy (non-hydrogen) atoms. The molecule has 1 aromatic heterocycles. The number of nitrogens with zero attached hydrogens (tertiary/aromatic N) is 1. The summed E-state index contributed by atoms with van der Waals surface area (Å²) < 4.78 is 0. The third-order valence-electron chi connectivity index (χ3n) is 3.82. The zero-order chi connectivity index (χ0) is 17.6. The molecule has 1 atom stereocenters. The van der Waals surface area contributed by atoms with E-state index in [1.807, 2.05) is 66.9 Å². The van der Waals surface area contributed by atoms with E-state index in [9.17, 15) is 4.79 Å². The number of carbonyl (C=O) groups is 1. The van der Waals surface area contributed by atoms with Crippen LogP contribution in [-0.2, 0) is 11.3 Å². The fourth-order valence-electron chi connectivity index (χ4n) is 2.35.